The van der Waals surface area contributed by atoms with Gasteiger partial charge in [-0.2, -0.15) is 0 Å². The number of methoxy groups -OCH3 is 1. The zero-order valence-corrected chi connectivity index (χ0v) is 24.2. The molecule has 1 amide bonds. The molecule has 1 fully saturated rings. The summed E-state index contributed by atoms with van der Waals surface area (Å²) in [6, 6.07) is 19.3. The Hall–Kier alpha value is -4.50. The average Bonchev–Trinajstić information content (AvgIpc) is 3.29. The monoisotopic (exact) mass is 573 g/mol. The van der Waals surface area contributed by atoms with E-state index in [1.165, 1.54) is 4.90 Å². The molecular weight excluding hydrogens is 536 g/mol. The van der Waals surface area contributed by atoms with Crippen molar-refractivity contribution in [1.82, 2.24) is 4.90 Å². The molecule has 0 spiro atoms. The maximum atomic E-state index is 13.5. The van der Waals surface area contributed by atoms with Crippen molar-refractivity contribution in [1.29, 1.82) is 0 Å². The lowest BCUT2D eigenvalue weighted by Crippen LogP contribution is -3.12. The number of nitrogens with one attached hydrogen (secondary N) is 1. The van der Waals surface area contributed by atoms with Gasteiger partial charge in [0.15, 0.2) is 23.0 Å². The fourth-order valence-corrected chi connectivity index (χ4v) is 5.39. The van der Waals surface area contributed by atoms with Crippen LogP contribution in [-0.4, -0.2) is 68.2 Å². The van der Waals surface area contributed by atoms with Gasteiger partial charge in [-0.1, -0.05) is 36.4 Å². The smallest absolute Gasteiger partial charge is 0.295 e. The molecule has 0 aliphatic carbocycles. The molecule has 1 unspecified atom stereocenters. The Morgan fingerprint density at radius 3 is 2.40 bits per heavy atom. The molecule has 2 N–H and O–H groups in total. The number of hydrogen-bond donors (Lipinski definition) is 2. The van der Waals surface area contributed by atoms with Crippen molar-refractivity contribution in [2.24, 2.45) is 0 Å². The van der Waals surface area contributed by atoms with Gasteiger partial charge in [-0.3, -0.25) is 9.59 Å². The van der Waals surface area contributed by atoms with Crippen molar-refractivity contribution in [2.75, 3.05) is 46.5 Å². The highest BCUT2D eigenvalue weighted by Gasteiger charge is 2.46. The summed E-state index contributed by atoms with van der Waals surface area (Å²) in [6.45, 7) is 8.14. The molecule has 220 valence electrons. The maximum Gasteiger partial charge on any atom is 0.295 e. The zero-order chi connectivity index (χ0) is 29.6. The van der Waals surface area contributed by atoms with Crippen LogP contribution in [0.2, 0.25) is 0 Å². The number of ketones is 1. The minimum Gasteiger partial charge on any atom is -0.507 e. The van der Waals surface area contributed by atoms with Crippen molar-refractivity contribution in [3.63, 3.8) is 0 Å². The second-order valence-corrected chi connectivity index (χ2v) is 10.2. The average molecular weight is 574 g/mol. The van der Waals surface area contributed by atoms with E-state index in [2.05, 4.69) is 13.8 Å². The molecule has 1 saturated heterocycles. The van der Waals surface area contributed by atoms with Crippen LogP contribution in [0.5, 0.6) is 23.0 Å². The summed E-state index contributed by atoms with van der Waals surface area (Å²) in [5.41, 5.74) is 2.03. The van der Waals surface area contributed by atoms with Gasteiger partial charge in [-0.05, 0) is 55.3 Å². The van der Waals surface area contributed by atoms with E-state index >= 15 is 0 Å². The molecule has 0 saturated carbocycles. The van der Waals surface area contributed by atoms with Gasteiger partial charge in [-0.25, -0.2) is 0 Å². The number of amides is 1. The van der Waals surface area contributed by atoms with Crippen LogP contribution in [0.4, 0.5) is 0 Å². The van der Waals surface area contributed by atoms with E-state index < -0.39 is 17.7 Å². The van der Waals surface area contributed by atoms with Gasteiger partial charge in [0.1, 0.15) is 25.6 Å². The van der Waals surface area contributed by atoms with E-state index in [-0.39, 0.29) is 11.3 Å². The lowest BCUT2D eigenvalue weighted by atomic mass is 9.94. The number of Topliss-reactive ketones (excluding diaryl/α,β-unsaturated/α-hetero) is 1. The van der Waals surface area contributed by atoms with Crippen LogP contribution in [0.3, 0.4) is 0 Å². The highest BCUT2D eigenvalue weighted by Crippen LogP contribution is 2.43. The SMILES string of the molecule is CC[NH+](CC)CCN1C(=O)C(=O)C(=C(O)c2ccc3c(c2)OCCO3)C1c1ccc(OCc2ccccc2)c(OC)c1. The number of carbonyl (C=O) groups is 2. The third kappa shape index (κ3) is 5.92. The van der Waals surface area contributed by atoms with Gasteiger partial charge in [0, 0.05) is 5.56 Å². The number of quaternary nitrogens is 1. The topological polar surface area (TPSA) is 99.0 Å². The van der Waals surface area contributed by atoms with Crippen LogP contribution in [0, 0.1) is 0 Å². The molecule has 42 heavy (non-hydrogen) atoms. The predicted octanol–water partition coefficient (Wildman–Crippen LogP) is 3.39. The molecule has 9 heteroatoms. The zero-order valence-electron chi connectivity index (χ0n) is 24.2. The molecule has 3 aromatic carbocycles. The van der Waals surface area contributed by atoms with Gasteiger partial charge in [0.25, 0.3) is 11.7 Å². The van der Waals surface area contributed by atoms with Crippen molar-refractivity contribution in [2.45, 2.75) is 26.5 Å². The number of likely N-dealkylation sites (N-methyl/N-ethyl adjacent to an activating group) is 1. The van der Waals surface area contributed by atoms with E-state index in [1.54, 1.807) is 42.3 Å². The number of fused-ring (bicyclic) bond motifs is 1. The number of carbonyl (C=O) groups excluding carboxylic acids is 2. The quantitative estimate of drug-likeness (QED) is 0.206. The van der Waals surface area contributed by atoms with Crippen LogP contribution in [0.25, 0.3) is 5.76 Å². The van der Waals surface area contributed by atoms with E-state index in [4.69, 9.17) is 18.9 Å². The number of ether oxygens (including phenoxy) is 4. The number of likely N-dealkylation sites (tertiary alicyclic amines) is 1. The predicted molar refractivity (Wildman–Crippen MR) is 157 cm³/mol. The van der Waals surface area contributed by atoms with Crippen LogP contribution in [-0.2, 0) is 16.2 Å². The molecule has 1 atom stereocenters. The number of aliphatic hydroxyl groups excluding tert-OH is 1. The van der Waals surface area contributed by atoms with Crippen molar-refractivity contribution in [3.05, 3.63) is 89.0 Å². The summed E-state index contributed by atoms with van der Waals surface area (Å²) in [4.78, 5) is 29.8. The van der Waals surface area contributed by atoms with Crippen LogP contribution in [0.15, 0.2) is 72.3 Å². The van der Waals surface area contributed by atoms with Gasteiger partial charge in [-0.15, -0.1) is 0 Å². The molecule has 2 aliphatic heterocycles. The van der Waals surface area contributed by atoms with Gasteiger partial charge in [0.2, 0.25) is 0 Å². The Labute approximate surface area is 245 Å². The molecular formula is C33H37N2O7+. The van der Waals surface area contributed by atoms with E-state index in [0.717, 1.165) is 18.7 Å². The summed E-state index contributed by atoms with van der Waals surface area (Å²) in [7, 11) is 1.55. The summed E-state index contributed by atoms with van der Waals surface area (Å²) >= 11 is 0. The van der Waals surface area contributed by atoms with Crippen molar-refractivity contribution in [3.8, 4) is 23.0 Å². The molecule has 3 aromatic rings. The number of nitrogens with zero attached hydrogens (tertiary/aromatic N) is 1. The lowest BCUT2D eigenvalue weighted by molar-refractivity contribution is -0.895. The van der Waals surface area contributed by atoms with Gasteiger partial charge >= 0.3 is 0 Å². The lowest BCUT2D eigenvalue weighted by Gasteiger charge is -2.27. The minimum atomic E-state index is -0.815. The van der Waals surface area contributed by atoms with Gasteiger partial charge < -0.3 is 33.9 Å². The molecule has 9 nitrogen and oxygen atoms in total. The van der Waals surface area contributed by atoms with Crippen LogP contribution in [0.1, 0.15) is 36.6 Å². The highest BCUT2D eigenvalue weighted by atomic mass is 16.6. The van der Waals surface area contributed by atoms with E-state index in [0.29, 0.717) is 67.0 Å². The van der Waals surface area contributed by atoms with Crippen LogP contribution < -0.4 is 23.8 Å². The molecule has 5 rings (SSSR count). The normalized spacial score (nSPS) is 17.5. The largest absolute Gasteiger partial charge is 0.507 e. The first kappa shape index (κ1) is 29.0. The molecule has 2 heterocycles. The summed E-state index contributed by atoms with van der Waals surface area (Å²) in [5, 5.41) is 11.5. The van der Waals surface area contributed by atoms with E-state index in [9.17, 15) is 14.7 Å². The molecule has 0 aromatic heterocycles. The molecule has 0 radical (unpaired) electrons. The number of benzene rings is 3. The van der Waals surface area contributed by atoms with Crippen LogP contribution >= 0.6 is 0 Å². The summed E-state index contributed by atoms with van der Waals surface area (Å²) in [6.07, 6.45) is 0. The summed E-state index contributed by atoms with van der Waals surface area (Å²) < 4.78 is 23.0. The Morgan fingerprint density at radius 2 is 1.69 bits per heavy atom. The molecule has 2 aliphatic rings. The van der Waals surface area contributed by atoms with Gasteiger partial charge in [0.05, 0.1) is 44.9 Å². The first-order chi connectivity index (χ1) is 20.4. The van der Waals surface area contributed by atoms with Crippen molar-refractivity contribution < 1.29 is 38.5 Å². The second kappa shape index (κ2) is 13.0. The Balaban J connectivity index is 1.54. The Bertz CT molecular complexity index is 1470. The fourth-order valence-electron chi connectivity index (χ4n) is 5.39. The molecule has 0 bridgehead atoms. The number of hydrogen-bond acceptors (Lipinski definition) is 7. The third-order valence-electron chi connectivity index (χ3n) is 7.80. The Kier molecular flexibility index (Phi) is 8.97. The maximum absolute atomic E-state index is 13.5. The Morgan fingerprint density at radius 1 is 0.952 bits per heavy atom. The minimum absolute atomic E-state index is 0.0197. The van der Waals surface area contributed by atoms with E-state index in [1.807, 2.05) is 36.4 Å². The number of rotatable bonds is 11. The first-order valence-corrected chi connectivity index (χ1v) is 14.3. The van der Waals surface area contributed by atoms with Crippen molar-refractivity contribution >= 4 is 17.4 Å². The first-order valence-electron chi connectivity index (χ1n) is 14.3. The fraction of sp³-hybridized carbons (Fsp3) is 0.333. The highest BCUT2D eigenvalue weighted by molar-refractivity contribution is 6.46. The second-order valence-electron chi connectivity index (χ2n) is 10.2. The summed E-state index contributed by atoms with van der Waals surface area (Å²) in [5.74, 6) is 0.385. The number of aliphatic hydroxyl groups is 1. The third-order valence-corrected chi connectivity index (χ3v) is 7.80. The standard InChI is InChI=1S/C33H36N2O7/c1-4-34(5-2)15-16-35-30(23-11-13-25(27(19-23)39-3)42-21-22-9-7-6-8-10-22)29(32(37)33(35)38)31(36)24-12-14-26-28(20-24)41-18-17-40-26/h6-14,19-20,30,36H,4-5,15-18,21H2,1-3H3/p+1.